The van der Waals surface area contributed by atoms with Gasteiger partial charge >= 0.3 is 6.03 Å². The zero-order valence-electron chi connectivity index (χ0n) is 18.4. The van der Waals surface area contributed by atoms with Crippen molar-refractivity contribution in [3.63, 3.8) is 0 Å². The number of aryl methyl sites for hydroxylation is 2. The van der Waals surface area contributed by atoms with Gasteiger partial charge in [0, 0.05) is 43.5 Å². The van der Waals surface area contributed by atoms with Gasteiger partial charge in [-0.05, 0) is 43.5 Å². The van der Waals surface area contributed by atoms with E-state index in [-0.39, 0.29) is 23.5 Å². The lowest BCUT2D eigenvalue weighted by Crippen LogP contribution is -2.49. The lowest BCUT2D eigenvalue weighted by atomic mass is 9.86. The Balaban J connectivity index is 1.48. The van der Waals surface area contributed by atoms with Gasteiger partial charge in [0.2, 0.25) is 0 Å². The Morgan fingerprint density at radius 3 is 2.44 bits per heavy atom. The highest BCUT2D eigenvalue weighted by atomic mass is 19.1. The van der Waals surface area contributed by atoms with Crippen LogP contribution in [0, 0.1) is 19.7 Å². The second kappa shape index (κ2) is 8.22. The van der Waals surface area contributed by atoms with E-state index in [9.17, 15) is 14.4 Å². The molecule has 32 heavy (non-hydrogen) atoms. The van der Waals surface area contributed by atoms with E-state index in [4.69, 9.17) is 0 Å². The van der Waals surface area contributed by atoms with Crippen molar-refractivity contribution in [2.45, 2.75) is 32.7 Å². The number of rotatable bonds is 4. The fourth-order valence-corrected chi connectivity index (χ4v) is 4.46. The van der Waals surface area contributed by atoms with E-state index in [1.807, 2.05) is 20.0 Å². The van der Waals surface area contributed by atoms with E-state index in [0.29, 0.717) is 26.2 Å². The summed E-state index contributed by atoms with van der Waals surface area (Å²) in [5.74, 6) is -0.652. The molecule has 0 bridgehead atoms. The Morgan fingerprint density at radius 1 is 1.16 bits per heavy atom. The first-order valence-electron chi connectivity index (χ1n) is 10.7. The second-order valence-electron chi connectivity index (χ2n) is 8.29. The van der Waals surface area contributed by atoms with Gasteiger partial charge in [0.25, 0.3) is 11.8 Å². The number of nitrogens with one attached hydrogen (secondary N) is 2. The molecule has 8 nitrogen and oxygen atoms in total. The summed E-state index contributed by atoms with van der Waals surface area (Å²) in [6, 6.07) is 5.49. The molecular weight excluding hydrogens is 413 g/mol. The van der Waals surface area contributed by atoms with Crippen LogP contribution in [0.3, 0.4) is 0 Å². The Bertz CT molecular complexity index is 1100. The van der Waals surface area contributed by atoms with Crippen molar-refractivity contribution < 1.29 is 18.8 Å². The third kappa shape index (κ3) is 3.68. The van der Waals surface area contributed by atoms with E-state index >= 15 is 4.39 Å². The highest BCUT2D eigenvalue weighted by Crippen LogP contribution is 2.31. The predicted molar refractivity (Wildman–Crippen MR) is 117 cm³/mol. The molecule has 1 aromatic heterocycles. The summed E-state index contributed by atoms with van der Waals surface area (Å²) in [5, 5.41) is 4.68. The van der Waals surface area contributed by atoms with Crippen molar-refractivity contribution in [2.24, 2.45) is 0 Å². The average Bonchev–Trinajstić information content (AvgIpc) is 3.07. The fraction of sp³-hybridized carbons (Fsp3) is 0.391. The maximum Gasteiger partial charge on any atom is 0.322 e. The number of pyridine rings is 1. The molecule has 0 spiro atoms. The molecule has 2 aromatic rings. The molecule has 0 unspecified atom stereocenters. The van der Waals surface area contributed by atoms with Gasteiger partial charge in [0.15, 0.2) is 0 Å². The third-order valence-electron chi connectivity index (χ3n) is 6.20. The SMILES string of the molecule is CC[C@]1(c2ccc(C(=O)N3CCN(c4ncc(C)cc4C)CC3)cc2F)NC(=O)NC1=O. The van der Waals surface area contributed by atoms with Crippen LogP contribution in [-0.2, 0) is 10.3 Å². The van der Waals surface area contributed by atoms with E-state index < -0.39 is 23.3 Å². The van der Waals surface area contributed by atoms with E-state index in [1.54, 1.807) is 11.8 Å². The van der Waals surface area contributed by atoms with Crippen molar-refractivity contribution >= 4 is 23.7 Å². The maximum atomic E-state index is 15.0. The number of piperazine rings is 1. The van der Waals surface area contributed by atoms with Crippen LogP contribution in [-0.4, -0.2) is 53.9 Å². The molecule has 168 valence electrons. The standard InChI is InChI=1S/C23H26FN5O3/c1-4-23(21(31)26-22(32)27-23)17-6-5-16(12-18(17)24)20(30)29-9-7-28(8-10-29)19-15(3)11-14(2)13-25-19/h5-6,11-13H,4,7-10H2,1-3H3,(H2,26,27,31,32)/t23-/m1/s1. The molecule has 2 aliphatic rings. The first kappa shape index (κ1) is 21.7. The minimum Gasteiger partial charge on any atom is -0.353 e. The largest absolute Gasteiger partial charge is 0.353 e. The molecule has 2 fully saturated rings. The van der Waals surface area contributed by atoms with Crippen LogP contribution >= 0.6 is 0 Å². The van der Waals surface area contributed by atoms with E-state index in [1.165, 1.54) is 12.1 Å². The molecule has 0 aliphatic carbocycles. The fourth-order valence-electron chi connectivity index (χ4n) is 4.46. The molecule has 4 amide bonds. The van der Waals surface area contributed by atoms with Crippen LogP contribution in [0.1, 0.15) is 40.4 Å². The molecule has 2 N–H and O–H groups in total. The molecule has 1 atom stereocenters. The van der Waals surface area contributed by atoms with Crippen molar-refractivity contribution in [3.05, 3.63) is 58.5 Å². The molecule has 1 aromatic carbocycles. The Kier molecular flexibility index (Phi) is 5.58. The van der Waals surface area contributed by atoms with E-state index in [2.05, 4.69) is 26.6 Å². The quantitative estimate of drug-likeness (QED) is 0.713. The van der Waals surface area contributed by atoms with Gasteiger partial charge in [-0.2, -0.15) is 0 Å². The third-order valence-corrected chi connectivity index (χ3v) is 6.20. The number of carbonyl (C=O) groups is 3. The predicted octanol–water partition coefficient (Wildman–Crippen LogP) is 2.24. The number of anilines is 1. The summed E-state index contributed by atoms with van der Waals surface area (Å²) >= 11 is 0. The number of nitrogens with zero attached hydrogens (tertiary/aromatic N) is 3. The molecule has 4 rings (SSSR count). The number of hydrogen-bond acceptors (Lipinski definition) is 5. The number of benzene rings is 1. The summed E-state index contributed by atoms with van der Waals surface area (Å²) in [7, 11) is 0. The number of carbonyl (C=O) groups excluding carboxylic acids is 3. The number of amides is 4. The zero-order valence-corrected chi connectivity index (χ0v) is 18.4. The minimum atomic E-state index is -1.47. The van der Waals surface area contributed by atoms with Crippen LogP contribution in [0.5, 0.6) is 0 Å². The Labute approximate surface area is 185 Å². The zero-order chi connectivity index (χ0) is 23.0. The number of urea groups is 1. The lowest BCUT2D eigenvalue weighted by molar-refractivity contribution is -0.124. The number of hydrogen-bond donors (Lipinski definition) is 2. The monoisotopic (exact) mass is 439 g/mol. The average molecular weight is 439 g/mol. The normalized spacial score (nSPS) is 20.9. The number of halogens is 1. The molecule has 0 saturated carbocycles. The Hall–Kier alpha value is -3.49. The van der Waals surface area contributed by atoms with Crippen molar-refractivity contribution in [3.8, 4) is 0 Å². The van der Waals surface area contributed by atoms with E-state index in [0.717, 1.165) is 23.0 Å². The summed E-state index contributed by atoms with van der Waals surface area (Å²) in [4.78, 5) is 45.3. The lowest BCUT2D eigenvalue weighted by Gasteiger charge is -2.36. The minimum absolute atomic E-state index is 0.0469. The van der Waals surface area contributed by atoms with Gasteiger partial charge in [0.1, 0.15) is 17.2 Å². The van der Waals surface area contributed by atoms with Crippen molar-refractivity contribution in [2.75, 3.05) is 31.1 Å². The van der Waals surface area contributed by atoms with Crippen LogP contribution < -0.4 is 15.5 Å². The molecular formula is C23H26FN5O3. The first-order chi connectivity index (χ1) is 15.2. The molecule has 9 heteroatoms. The van der Waals surface area contributed by atoms with Gasteiger partial charge in [0.05, 0.1) is 0 Å². The van der Waals surface area contributed by atoms with Crippen LogP contribution in [0.25, 0.3) is 0 Å². The van der Waals surface area contributed by atoms with Crippen LogP contribution in [0.4, 0.5) is 15.0 Å². The smallest absolute Gasteiger partial charge is 0.322 e. The number of imide groups is 1. The molecule has 3 heterocycles. The highest BCUT2D eigenvalue weighted by Gasteiger charge is 2.47. The summed E-state index contributed by atoms with van der Waals surface area (Å²) < 4.78 is 15.0. The molecule has 2 saturated heterocycles. The van der Waals surface area contributed by atoms with Gasteiger partial charge in [-0.15, -0.1) is 0 Å². The van der Waals surface area contributed by atoms with Crippen LogP contribution in [0.2, 0.25) is 0 Å². The van der Waals surface area contributed by atoms with Gasteiger partial charge < -0.3 is 15.1 Å². The summed E-state index contributed by atoms with van der Waals surface area (Å²) in [6.07, 6.45) is 2.02. The maximum absolute atomic E-state index is 15.0. The topological polar surface area (TPSA) is 94.6 Å². The number of aromatic nitrogens is 1. The summed E-state index contributed by atoms with van der Waals surface area (Å²) in [5.41, 5.74) is 0.985. The van der Waals surface area contributed by atoms with Gasteiger partial charge in [-0.25, -0.2) is 14.2 Å². The van der Waals surface area contributed by atoms with Crippen molar-refractivity contribution in [1.82, 2.24) is 20.5 Å². The first-order valence-corrected chi connectivity index (χ1v) is 10.7. The Morgan fingerprint density at radius 2 is 1.88 bits per heavy atom. The second-order valence-corrected chi connectivity index (χ2v) is 8.29. The molecule has 2 aliphatic heterocycles. The van der Waals surface area contributed by atoms with Gasteiger partial charge in [-0.1, -0.05) is 19.1 Å². The van der Waals surface area contributed by atoms with Crippen LogP contribution in [0.15, 0.2) is 30.5 Å². The molecule has 0 radical (unpaired) electrons. The summed E-state index contributed by atoms with van der Waals surface area (Å²) in [6.45, 7) is 7.97. The van der Waals surface area contributed by atoms with Crippen molar-refractivity contribution in [1.29, 1.82) is 0 Å². The van der Waals surface area contributed by atoms with Gasteiger partial charge in [-0.3, -0.25) is 14.9 Å². The highest BCUT2D eigenvalue weighted by molar-refractivity contribution is 6.07.